The number of carbonyl (C=O) groups is 1. The lowest BCUT2D eigenvalue weighted by molar-refractivity contribution is -0.345. The molecule has 0 aromatic heterocycles. The fraction of sp³-hybridized carbons (Fsp3) is 0.714. The molecule has 0 aliphatic heterocycles. The zero-order valence-corrected chi connectivity index (χ0v) is 21.4. The average molecular weight is 490 g/mol. The van der Waals surface area contributed by atoms with Gasteiger partial charge in [-0.3, -0.25) is 0 Å². The summed E-state index contributed by atoms with van der Waals surface area (Å²) >= 11 is 0. The van der Waals surface area contributed by atoms with Gasteiger partial charge in [0.2, 0.25) is 0 Å². The summed E-state index contributed by atoms with van der Waals surface area (Å²) in [6, 6.07) is 5.89. The molecule has 0 heterocycles. The minimum Gasteiger partial charge on any atom is -0.482 e. The minimum atomic E-state index is -0.979. The van der Waals surface area contributed by atoms with Crippen LogP contribution in [0, 0.1) is 29.1 Å². The van der Waals surface area contributed by atoms with E-state index in [1.54, 1.807) is 0 Å². The van der Waals surface area contributed by atoms with Crippen LogP contribution in [0.3, 0.4) is 0 Å². The van der Waals surface area contributed by atoms with Crippen LogP contribution in [0.2, 0.25) is 0 Å². The predicted octanol–water partition coefficient (Wildman–Crippen LogP) is 5.21. The molecular weight excluding hydrogens is 446 g/mol. The van der Waals surface area contributed by atoms with Crippen molar-refractivity contribution in [3.63, 3.8) is 0 Å². The van der Waals surface area contributed by atoms with Crippen molar-refractivity contribution in [1.82, 2.24) is 0 Å². The number of aliphatic hydroxyl groups is 1. The fourth-order valence-corrected chi connectivity index (χ4v) is 5.79. The number of ether oxygens (including phenoxy) is 1. The molecule has 7 nitrogen and oxygen atoms in total. The van der Waals surface area contributed by atoms with Gasteiger partial charge in [-0.05, 0) is 79.4 Å². The van der Waals surface area contributed by atoms with Crippen LogP contribution >= 0.6 is 0 Å². The Kier molecular flexibility index (Phi) is 10.6. The Bertz CT molecular complexity index is 828. The summed E-state index contributed by atoms with van der Waals surface area (Å²) in [4.78, 5) is 22.5. The first-order chi connectivity index (χ1) is 16.8. The van der Waals surface area contributed by atoms with Gasteiger partial charge in [-0.15, -0.1) is 0 Å². The maximum Gasteiger partial charge on any atom is 0.341 e. The Morgan fingerprint density at radius 2 is 2.00 bits per heavy atom. The van der Waals surface area contributed by atoms with Crippen molar-refractivity contribution in [3.05, 3.63) is 29.3 Å². The molecule has 7 heteroatoms. The number of carboxylic acid groups (broad SMARTS) is 1. The fourth-order valence-electron chi connectivity index (χ4n) is 5.79. The molecule has 196 valence electrons. The molecule has 1 fully saturated rings. The Morgan fingerprint density at radius 3 is 2.69 bits per heavy atom. The van der Waals surface area contributed by atoms with E-state index in [2.05, 4.69) is 13.0 Å². The number of fused-ring (bicyclic) bond motifs is 2. The number of benzene rings is 1. The van der Waals surface area contributed by atoms with Crippen molar-refractivity contribution < 1.29 is 29.5 Å². The molecule has 1 aromatic rings. The van der Waals surface area contributed by atoms with Gasteiger partial charge in [0.05, 0.1) is 12.2 Å². The summed E-state index contributed by atoms with van der Waals surface area (Å²) < 4.78 is 5.56. The smallest absolute Gasteiger partial charge is 0.341 e. The third-order valence-corrected chi connectivity index (χ3v) is 7.77. The number of unbranched alkanes of at least 4 members (excludes halogenated alkanes) is 2. The van der Waals surface area contributed by atoms with Gasteiger partial charge in [0.15, 0.2) is 6.61 Å². The van der Waals surface area contributed by atoms with Crippen LogP contribution in [0.5, 0.6) is 5.75 Å². The molecule has 0 amide bonds. The summed E-state index contributed by atoms with van der Waals surface area (Å²) in [5.41, 5.74) is 2.31. The van der Waals surface area contributed by atoms with Crippen molar-refractivity contribution in [3.8, 4) is 5.75 Å². The highest BCUT2D eigenvalue weighted by Crippen LogP contribution is 2.48. The molecule has 2 aliphatic carbocycles. The highest BCUT2D eigenvalue weighted by atomic mass is 17.2. The standard InChI is InChI=1S/C28H43NO6/c1-4-5-6-9-21(34-35-27(16-29)18(2)3)11-12-22-23-13-19-8-7-10-26(33-17-28(31)32)24(19)14-20(23)15-25(22)30/h7-8,10,16,18,20-23,25,27,29-30H,4-6,9,11-15,17H2,1-3H3,(H,31,32)/t20-,21-,22?,23-,25+,27?/m0/s1. The normalized spacial score (nSPS) is 25.1. The lowest BCUT2D eigenvalue weighted by Gasteiger charge is -2.32. The molecule has 1 aromatic carbocycles. The highest BCUT2D eigenvalue weighted by molar-refractivity contribution is 5.68. The molecule has 0 radical (unpaired) electrons. The van der Waals surface area contributed by atoms with Crippen molar-refractivity contribution in [2.75, 3.05) is 6.61 Å². The van der Waals surface area contributed by atoms with Crippen molar-refractivity contribution in [1.29, 1.82) is 5.41 Å². The first-order valence-corrected chi connectivity index (χ1v) is 13.3. The van der Waals surface area contributed by atoms with E-state index in [4.69, 9.17) is 25.0 Å². The first kappa shape index (κ1) is 27.6. The number of aliphatic carboxylic acids is 1. The second kappa shape index (κ2) is 13.4. The van der Waals surface area contributed by atoms with Crippen LogP contribution < -0.4 is 4.74 Å². The van der Waals surface area contributed by atoms with Crippen LogP contribution in [0.1, 0.15) is 76.8 Å². The molecule has 0 spiro atoms. The second-order valence-electron chi connectivity index (χ2n) is 10.6. The van der Waals surface area contributed by atoms with E-state index in [9.17, 15) is 9.90 Å². The van der Waals surface area contributed by atoms with E-state index in [0.717, 1.165) is 63.4 Å². The molecular formula is C28H43NO6. The van der Waals surface area contributed by atoms with Crippen molar-refractivity contribution in [2.45, 2.75) is 96.9 Å². The second-order valence-corrected chi connectivity index (χ2v) is 10.6. The van der Waals surface area contributed by atoms with Crippen molar-refractivity contribution >= 4 is 12.2 Å². The van der Waals surface area contributed by atoms with Gasteiger partial charge >= 0.3 is 5.97 Å². The summed E-state index contributed by atoms with van der Waals surface area (Å²) in [5, 5.41) is 27.6. The molecule has 3 N–H and O–H groups in total. The molecule has 2 aliphatic rings. The largest absolute Gasteiger partial charge is 0.482 e. The van der Waals surface area contributed by atoms with Gasteiger partial charge < -0.3 is 20.4 Å². The lowest BCUT2D eigenvalue weighted by Crippen LogP contribution is -2.29. The lowest BCUT2D eigenvalue weighted by atomic mass is 9.73. The zero-order valence-electron chi connectivity index (χ0n) is 21.4. The Hall–Kier alpha value is -1.96. The van der Waals surface area contributed by atoms with Crippen LogP contribution in [0.15, 0.2) is 18.2 Å². The van der Waals surface area contributed by atoms with E-state index in [1.807, 2.05) is 26.0 Å². The number of hydrogen-bond acceptors (Lipinski definition) is 6. The SMILES string of the molecule is CCCCC[C@@H](CCC1[C@H](O)C[C@@H]2Cc3c(cccc3OCC(=O)O)C[C@H]12)OOC(C=N)C(C)C. The van der Waals surface area contributed by atoms with E-state index < -0.39 is 5.97 Å². The number of hydrogen-bond donors (Lipinski definition) is 3. The van der Waals surface area contributed by atoms with Crippen LogP contribution in [0.4, 0.5) is 0 Å². The van der Waals surface area contributed by atoms with Crippen LogP contribution in [-0.4, -0.2) is 47.3 Å². The zero-order chi connectivity index (χ0) is 25.4. The topological polar surface area (TPSA) is 109 Å². The summed E-state index contributed by atoms with van der Waals surface area (Å²) in [7, 11) is 0. The van der Waals surface area contributed by atoms with Crippen molar-refractivity contribution in [2.24, 2.45) is 23.7 Å². The summed E-state index contributed by atoms with van der Waals surface area (Å²) in [6.07, 6.45) is 9.03. The van der Waals surface area contributed by atoms with Gasteiger partial charge in [-0.25, -0.2) is 14.6 Å². The van der Waals surface area contributed by atoms with Gasteiger partial charge in [-0.1, -0.05) is 52.2 Å². The minimum absolute atomic E-state index is 0.0408. The Morgan fingerprint density at radius 1 is 1.20 bits per heavy atom. The predicted molar refractivity (Wildman–Crippen MR) is 135 cm³/mol. The quantitative estimate of drug-likeness (QED) is 0.135. The number of rotatable bonds is 15. The highest BCUT2D eigenvalue weighted by Gasteiger charge is 2.45. The van der Waals surface area contributed by atoms with E-state index in [-0.39, 0.29) is 36.8 Å². The average Bonchev–Trinajstić information content (AvgIpc) is 3.13. The maximum atomic E-state index is 11.0. The molecule has 1 saturated carbocycles. The van der Waals surface area contributed by atoms with Gasteiger partial charge in [0.25, 0.3) is 0 Å². The first-order valence-electron chi connectivity index (χ1n) is 13.3. The number of nitrogens with one attached hydrogen (secondary N) is 1. The monoisotopic (exact) mass is 489 g/mol. The third-order valence-electron chi connectivity index (χ3n) is 7.77. The van der Waals surface area contributed by atoms with E-state index in [1.165, 1.54) is 11.8 Å². The van der Waals surface area contributed by atoms with Crippen LogP contribution in [0.25, 0.3) is 0 Å². The Balaban J connectivity index is 1.63. The maximum absolute atomic E-state index is 11.0. The summed E-state index contributed by atoms with van der Waals surface area (Å²) in [5.74, 6) is 0.831. The molecule has 0 saturated heterocycles. The molecule has 2 unspecified atom stereocenters. The van der Waals surface area contributed by atoms with Gasteiger partial charge in [0.1, 0.15) is 11.9 Å². The Labute approximate surface area is 209 Å². The number of aliphatic hydroxyl groups excluding tert-OH is 1. The molecule has 3 rings (SSSR count). The number of carboxylic acids is 1. The summed E-state index contributed by atoms with van der Waals surface area (Å²) in [6.45, 7) is 5.87. The third kappa shape index (κ3) is 7.51. The van der Waals surface area contributed by atoms with Gasteiger partial charge in [0, 0.05) is 6.21 Å². The van der Waals surface area contributed by atoms with Gasteiger partial charge in [-0.2, -0.15) is 0 Å². The molecule has 35 heavy (non-hydrogen) atoms. The van der Waals surface area contributed by atoms with E-state index >= 15 is 0 Å². The van der Waals surface area contributed by atoms with E-state index in [0.29, 0.717) is 17.6 Å². The molecule has 0 bridgehead atoms. The molecule has 6 atom stereocenters. The van der Waals surface area contributed by atoms with Crippen LogP contribution in [-0.2, 0) is 27.4 Å².